The minimum absolute atomic E-state index is 0.159. The Morgan fingerprint density at radius 1 is 1.00 bits per heavy atom. The number of hydrogen-bond donors (Lipinski definition) is 1. The van der Waals surface area contributed by atoms with Crippen LogP contribution in [0.1, 0.15) is 35.5 Å². The fraction of sp³-hybridized carbons (Fsp3) is 0.240. The molecule has 1 aromatic heterocycles. The van der Waals surface area contributed by atoms with E-state index in [2.05, 4.69) is 17.4 Å². The molecule has 2 aliphatic rings. The molecule has 1 aliphatic heterocycles. The van der Waals surface area contributed by atoms with Gasteiger partial charge in [0.05, 0.1) is 25.5 Å². The van der Waals surface area contributed by atoms with Crippen LogP contribution in [0.25, 0.3) is 22.8 Å². The topological polar surface area (TPSA) is 60.7 Å². The average Bonchev–Trinajstić information content (AvgIpc) is 3.30. The number of aryl methyl sites for hydroxylation is 1. The lowest BCUT2D eigenvalue weighted by Crippen LogP contribution is -2.03. The Balaban J connectivity index is 1.68. The van der Waals surface area contributed by atoms with E-state index < -0.39 is 0 Å². The number of hydrogen-bond acceptors (Lipinski definition) is 4. The summed E-state index contributed by atoms with van der Waals surface area (Å²) in [5.74, 6) is 2.78. The SMILES string of the molecule is COc1cc2c(cc1OC)C(=Cc1oc3c(c1-c1ccccc1)CCCC3)C(=O)N2. The van der Waals surface area contributed by atoms with Crippen molar-refractivity contribution in [3.8, 4) is 22.6 Å². The van der Waals surface area contributed by atoms with Gasteiger partial charge in [-0.15, -0.1) is 0 Å². The van der Waals surface area contributed by atoms with Crippen LogP contribution in [-0.4, -0.2) is 20.1 Å². The molecule has 1 amide bonds. The van der Waals surface area contributed by atoms with E-state index in [1.54, 1.807) is 20.3 Å². The van der Waals surface area contributed by atoms with Crippen molar-refractivity contribution in [1.82, 2.24) is 0 Å². The highest BCUT2D eigenvalue weighted by molar-refractivity contribution is 6.35. The summed E-state index contributed by atoms with van der Waals surface area (Å²) in [5, 5.41) is 2.93. The maximum absolute atomic E-state index is 12.8. The molecule has 152 valence electrons. The van der Waals surface area contributed by atoms with Crippen LogP contribution < -0.4 is 14.8 Å². The molecule has 0 unspecified atom stereocenters. The van der Waals surface area contributed by atoms with Gasteiger partial charge >= 0.3 is 0 Å². The van der Waals surface area contributed by atoms with E-state index in [1.165, 1.54) is 5.56 Å². The maximum Gasteiger partial charge on any atom is 0.256 e. The fourth-order valence-corrected chi connectivity index (χ4v) is 4.40. The Bertz CT molecular complexity index is 1160. The number of carbonyl (C=O) groups excluding carboxylic acids is 1. The Hall–Kier alpha value is -3.47. The molecule has 0 bridgehead atoms. The predicted molar refractivity (Wildman–Crippen MR) is 117 cm³/mol. The molecule has 2 aromatic carbocycles. The van der Waals surface area contributed by atoms with Crippen LogP contribution >= 0.6 is 0 Å². The number of carbonyl (C=O) groups is 1. The zero-order valence-corrected chi connectivity index (χ0v) is 17.1. The molecule has 0 radical (unpaired) electrons. The third kappa shape index (κ3) is 2.98. The highest BCUT2D eigenvalue weighted by Crippen LogP contribution is 2.43. The second-order valence-electron chi connectivity index (χ2n) is 7.58. The lowest BCUT2D eigenvalue weighted by atomic mass is 9.91. The van der Waals surface area contributed by atoms with Crippen LogP contribution in [0.2, 0.25) is 0 Å². The van der Waals surface area contributed by atoms with Gasteiger partial charge in [-0.2, -0.15) is 0 Å². The van der Waals surface area contributed by atoms with Crippen molar-refractivity contribution in [3.05, 3.63) is 65.1 Å². The highest BCUT2D eigenvalue weighted by atomic mass is 16.5. The summed E-state index contributed by atoms with van der Waals surface area (Å²) in [4.78, 5) is 12.8. The van der Waals surface area contributed by atoms with E-state index in [0.29, 0.717) is 22.8 Å². The van der Waals surface area contributed by atoms with Gasteiger partial charge in [-0.3, -0.25) is 4.79 Å². The molecule has 0 atom stereocenters. The Morgan fingerprint density at radius 2 is 1.73 bits per heavy atom. The van der Waals surface area contributed by atoms with Crippen molar-refractivity contribution < 1.29 is 18.7 Å². The van der Waals surface area contributed by atoms with Crippen LogP contribution in [0.4, 0.5) is 5.69 Å². The summed E-state index contributed by atoms with van der Waals surface area (Å²) in [5.41, 5.74) is 5.54. The van der Waals surface area contributed by atoms with Crippen molar-refractivity contribution in [2.75, 3.05) is 19.5 Å². The van der Waals surface area contributed by atoms with Crippen LogP contribution in [0.3, 0.4) is 0 Å². The van der Waals surface area contributed by atoms with Crippen molar-refractivity contribution in [1.29, 1.82) is 0 Å². The quantitative estimate of drug-likeness (QED) is 0.600. The van der Waals surface area contributed by atoms with Gasteiger partial charge in [0.2, 0.25) is 0 Å². The molecule has 0 fully saturated rings. The monoisotopic (exact) mass is 401 g/mol. The third-order valence-electron chi connectivity index (χ3n) is 5.84. The number of anilines is 1. The molecule has 1 aliphatic carbocycles. The molecule has 3 aromatic rings. The number of amides is 1. The van der Waals surface area contributed by atoms with E-state index in [9.17, 15) is 4.79 Å². The van der Waals surface area contributed by atoms with Gasteiger partial charge in [-0.1, -0.05) is 30.3 Å². The van der Waals surface area contributed by atoms with Crippen molar-refractivity contribution in [3.63, 3.8) is 0 Å². The lowest BCUT2D eigenvalue weighted by molar-refractivity contribution is -0.110. The van der Waals surface area contributed by atoms with Gasteiger partial charge in [0.15, 0.2) is 11.5 Å². The van der Waals surface area contributed by atoms with E-state index in [-0.39, 0.29) is 5.91 Å². The zero-order valence-electron chi connectivity index (χ0n) is 17.1. The first-order chi connectivity index (χ1) is 14.7. The zero-order chi connectivity index (χ0) is 20.7. The molecule has 1 N–H and O–H groups in total. The van der Waals surface area contributed by atoms with Gasteiger partial charge in [0.25, 0.3) is 5.91 Å². The summed E-state index contributed by atoms with van der Waals surface area (Å²) in [7, 11) is 3.17. The second kappa shape index (κ2) is 7.41. The van der Waals surface area contributed by atoms with Gasteiger partial charge in [-0.25, -0.2) is 0 Å². The summed E-state index contributed by atoms with van der Waals surface area (Å²) in [6.07, 6.45) is 6.09. The second-order valence-corrected chi connectivity index (χ2v) is 7.58. The fourth-order valence-electron chi connectivity index (χ4n) is 4.40. The van der Waals surface area contributed by atoms with Crippen molar-refractivity contribution in [2.45, 2.75) is 25.7 Å². The number of benzene rings is 2. The first kappa shape index (κ1) is 18.6. The predicted octanol–water partition coefficient (Wildman–Crippen LogP) is 5.34. The number of fused-ring (bicyclic) bond motifs is 2. The largest absolute Gasteiger partial charge is 0.493 e. The van der Waals surface area contributed by atoms with Crippen LogP contribution in [0.5, 0.6) is 11.5 Å². The lowest BCUT2D eigenvalue weighted by Gasteiger charge is -2.11. The summed E-state index contributed by atoms with van der Waals surface area (Å²) in [6, 6.07) is 13.9. The molecule has 0 spiro atoms. The minimum atomic E-state index is -0.159. The number of ether oxygens (including phenoxy) is 2. The van der Waals surface area contributed by atoms with E-state index >= 15 is 0 Å². The molecule has 5 heteroatoms. The summed E-state index contributed by atoms with van der Waals surface area (Å²) in [6.45, 7) is 0. The number of nitrogens with one attached hydrogen (secondary N) is 1. The van der Waals surface area contributed by atoms with E-state index in [0.717, 1.165) is 53.9 Å². The molecule has 5 nitrogen and oxygen atoms in total. The normalized spacial score (nSPS) is 16.2. The molecule has 2 heterocycles. The summed E-state index contributed by atoms with van der Waals surface area (Å²) >= 11 is 0. The first-order valence-electron chi connectivity index (χ1n) is 10.2. The van der Waals surface area contributed by atoms with Gasteiger partial charge < -0.3 is 19.2 Å². The van der Waals surface area contributed by atoms with Gasteiger partial charge in [0.1, 0.15) is 11.5 Å². The van der Waals surface area contributed by atoms with Crippen LogP contribution in [0, 0.1) is 0 Å². The first-order valence-corrected chi connectivity index (χ1v) is 10.2. The van der Waals surface area contributed by atoms with Gasteiger partial charge in [0, 0.05) is 29.2 Å². The number of rotatable bonds is 4. The molecule has 0 saturated carbocycles. The molecular formula is C25H23NO4. The molecule has 30 heavy (non-hydrogen) atoms. The molecule has 5 rings (SSSR count). The number of furan rings is 1. The van der Waals surface area contributed by atoms with E-state index in [1.807, 2.05) is 30.3 Å². The Labute approximate surface area is 175 Å². The summed E-state index contributed by atoms with van der Waals surface area (Å²) < 4.78 is 17.1. The molecular weight excluding hydrogens is 378 g/mol. The standard InChI is InChI=1S/C25H23NO4/c1-28-21-12-17-18(25(27)26-19(17)14-22(21)29-2)13-23-24(15-8-4-3-5-9-15)16-10-6-7-11-20(16)30-23/h3-5,8-9,12-14H,6-7,10-11H2,1-2H3,(H,26,27). The maximum atomic E-state index is 12.8. The Kier molecular flexibility index (Phi) is 4.58. The van der Waals surface area contributed by atoms with Crippen molar-refractivity contribution in [2.24, 2.45) is 0 Å². The van der Waals surface area contributed by atoms with Gasteiger partial charge in [-0.05, 0) is 37.0 Å². The minimum Gasteiger partial charge on any atom is -0.493 e. The smallest absolute Gasteiger partial charge is 0.256 e. The van der Waals surface area contributed by atoms with Crippen LogP contribution in [-0.2, 0) is 17.6 Å². The van der Waals surface area contributed by atoms with E-state index in [4.69, 9.17) is 13.9 Å². The van der Waals surface area contributed by atoms with Crippen LogP contribution in [0.15, 0.2) is 46.9 Å². The highest BCUT2D eigenvalue weighted by Gasteiger charge is 2.29. The number of methoxy groups -OCH3 is 2. The average molecular weight is 401 g/mol. The van der Waals surface area contributed by atoms with Crippen molar-refractivity contribution >= 4 is 23.2 Å². The molecule has 0 saturated heterocycles. The third-order valence-corrected chi connectivity index (χ3v) is 5.84. The Morgan fingerprint density at radius 3 is 2.50 bits per heavy atom.